The van der Waals surface area contributed by atoms with E-state index >= 15 is 0 Å². The first kappa shape index (κ1) is 9.90. The van der Waals surface area contributed by atoms with E-state index in [1.165, 1.54) is 0 Å². The Morgan fingerprint density at radius 2 is 2.25 bits per heavy atom. The summed E-state index contributed by atoms with van der Waals surface area (Å²) >= 11 is 1.60. The summed E-state index contributed by atoms with van der Waals surface area (Å²) in [6.45, 7) is 3.95. The molecule has 0 aromatic rings. The largest absolute Gasteiger partial charge is 0.480 e. The molecule has 1 unspecified atom stereocenters. The minimum absolute atomic E-state index is 0.423. The van der Waals surface area contributed by atoms with Crippen molar-refractivity contribution in [3.05, 3.63) is 0 Å². The van der Waals surface area contributed by atoms with Crippen LogP contribution in [0.2, 0.25) is 0 Å². The van der Waals surface area contributed by atoms with Crippen LogP contribution in [0.1, 0.15) is 33.1 Å². The Labute approximate surface area is 77.7 Å². The molecule has 1 aliphatic rings. The van der Waals surface area contributed by atoms with E-state index < -0.39 is 10.7 Å². The van der Waals surface area contributed by atoms with Crippen LogP contribution in [0.4, 0.5) is 0 Å². The van der Waals surface area contributed by atoms with Gasteiger partial charge in [0.15, 0.2) is 0 Å². The number of rotatable bonds is 5. The van der Waals surface area contributed by atoms with Gasteiger partial charge in [0.1, 0.15) is 4.75 Å². The molecule has 2 nitrogen and oxygen atoms in total. The zero-order chi connectivity index (χ0) is 9.19. The summed E-state index contributed by atoms with van der Waals surface area (Å²) in [5.41, 5.74) is 0. The maximum Gasteiger partial charge on any atom is 0.319 e. The highest BCUT2D eigenvalue weighted by molar-refractivity contribution is 8.01. The van der Waals surface area contributed by atoms with E-state index in [9.17, 15) is 4.79 Å². The predicted octanol–water partition coefficient (Wildman–Crippen LogP) is 2.38. The molecule has 1 saturated carbocycles. The molecule has 0 amide bonds. The first-order valence-electron chi connectivity index (χ1n) is 4.48. The average Bonchev–Trinajstić information content (AvgIpc) is 2.82. The van der Waals surface area contributed by atoms with Gasteiger partial charge in [-0.2, -0.15) is 0 Å². The summed E-state index contributed by atoms with van der Waals surface area (Å²) in [7, 11) is 0. The third kappa shape index (κ3) is 1.94. The van der Waals surface area contributed by atoms with Gasteiger partial charge in [-0.25, -0.2) is 0 Å². The first-order valence-corrected chi connectivity index (χ1v) is 5.47. The van der Waals surface area contributed by atoms with Crippen LogP contribution in [-0.2, 0) is 4.79 Å². The van der Waals surface area contributed by atoms with Crippen molar-refractivity contribution in [2.45, 2.75) is 37.9 Å². The Morgan fingerprint density at radius 3 is 2.58 bits per heavy atom. The molecule has 3 heteroatoms. The Balaban J connectivity index is 2.52. The predicted molar refractivity (Wildman–Crippen MR) is 51.5 cm³/mol. The van der Waals surface area contributed by atoms with Crippen molar-refractivity contribution in [1.29, 1.82) is 0 Å². The van der Waals surface area contributed by atoms with Crippen LogP contribution in [0.15, 0.2) is 0 Å². The number of carboxylic acid groups (broad SMARTS) is 1. The SMILES string of the molecule is CCCSC(C)(C(=O)O)C1CC1. The summed E-state index contributed by atoms with van der Waals surface area (Å²) in [6.07, 6.45) is 3.25. The lowest BCUT2D eigenvalue weighted by atomic mass is 10.1. The zero-order valence-electron chi connectivity index (χ0n) is 7.67. The summed E-state index contributed by atoms with van der Waals surface area (Å²) < 4.78 is -0.504. The fourth-order valence-electron chi connectivity index (χ4n) is 1.30. The van der Waals surface area contributed by atoms with E-state index in [4.69, 9.17) is 5.11 Å². The van der Waals surface area contributed by atoms with E-state index in [1.54, 1.807) is 11.8 Å². The van der Waals surface area contributed by atoms with Crippen LogP contribution >= 0.6 is 11.8 Å². The van der Waals surface area contributed by atoms with Gasteiger partial charge in [0.25, 0.3) is 0 Å². The number of carbonyl (C=O) groups is 1. The van der Waals surface area contributed by atoms with Gasteiger partial charge in [-0.3, -0.25) is 4.79 Å². The molecule has 1 aliphatic carbocycles. The molecule has 12 heavy (non-hydrogen) atoms. The fraction of sp³-hybridized carbons (Fsp3) is 0.889. The first-order chi connectivity index (χ1) is 5.61. The van der Waals surface area contributed by atoms with E-state index in [-0.39, 0.29) is 0 Å². The Hall–Kier alpha value is -0.180. The lowest BCUT2D eigenvalue weighted by molar-refractivity contribution is -0.139. The van der Waals surface area contributed by atoms with Crippen molar-refractivity contribution >= 4 is 17.7 Å². The van der Waals surface area contributed by atoms with Crippen molar-refractivity contribution in [3.63, 3.8) is 0 Å². The number of hydrogen-bond donors (Lipinski definition) is 1. The van der Waals surface area contributed by atoms with Crippen LogP contribution in [0.25, 0.3) is 0 Å². The molecule has 1 atom stereocenters. The van der Waals surface area contributed by atoms with Gasteiger partial charge in [0.05, 0.1) is 0 Å². The molecular weight excluding hydrogens is 172 g/mol. The topological polar surface area (TPSA) is 37.3 Å². The number of thioether (sulfide) groups is 1. The maximum atomic E-state index is 11.0. The van der Waals surface area contributed by atoms with Crippen molar-refractivity contribution < 1.29 is 9.90 Å². The zero-order valence-corrected chi connectivity index (χ0v) is 8.49. The molecule has 0 aliphatic heterocycles. The smallest absolute Gasteiger partial charge is 0.319 e. The molecule has 0 aromatic heterocycles. The Kier molecular flexibility index (Phi) is 3.04. The third-order valence-corrected chi connectivity index (χ3v) is 4.11. The fourth-order valence-corrected chi connectivity index (χ4v) is 2.53. The van der Waals surface area contributed by atoms with Crippen molar-refractivity contribution in [2.24, 2.45) is 5.92 Å². The second-order valence-corrected chi connectivity index (χ2v) is 5.08. The van der Waals surface area contributed by atoms with Gasteiger partial charge >= 0.3 is 5.97 Å². The standard InChI is InChI=1S/C9H16O2S/c1-3-6-12-9(2,8(10)11)7-4-5-7/h7H,3-6H2,1-2H3,(H,10,11). The molecular formula is C9H16O2S. The van der Waals surface area contributed by atoms with E-state index in [0.717, 1.165) is 25.0 Å². The monoisotopic (exact) mass is 188 g/mol. The molecule has 0 aromatic carbocycles. The van der Waals surface area contributed by atoms with Gasteiger partial charge in [-0.1, -0.05) is 6.92 Å². The molecule has 1 N–H and O–H groups in total. The minimum Gasteiger partial charge on any atom is -0.480 e. The van der Waals surface area contributed by atoms with Gasteiger partial charge < -0.3 is 5.11 Å². The quantitative estimate of drug-likeness (QED) is 0.719. The van der Waals surface area contributed by atoms with Gasteiger partial charge in [-0.15, -0.1) is 11.8 Å². The van der Waals surface area contributed by atoms with Crippen LogP contribution in [-0.4, -0.2) is 21.6 Å². The minimum atomic E-state index is -0.636. The maximum absolute atomic E-state index is 11.0. The normalized spacial score (nSPS) is 21.8. The molecule has 0 heterocycles. The molecule has 1 fully saturated rings. The highest BCUT2D eigenvalue weighted by Gasteiger charge is 2.47. The number of aliphatic carboxylic acids is 1. The molecule has 70 valence electrons. The summed E-state index contributed by atoms with van der Waals surface area (Å²) in [5, 5.41) is 9.05. The second-order valence-electron chi connectivity index (χ2n) is 3.53. The van der Waals surface area contributed by atoms with Crippen molar-refractivity contribution in [2.75, 3.05) is 5.75 Å². The van der Waals surface area contributed by atoms with Gasteiger partial charge in [0.2, 0.25) is 0 Å². The molecule has 0 radical (unpaired) electrons. The lowest BCUT2D eigenvalue weighted by Crippen LogP contribution is -2.34. The average molecular weight is 188 g/mol. The lowest BCUT2D eigenvalue weighted by Gasteiger charge is -2.23. The van der Waals surface area contributed by atoms with Gasteiger partial charge in [0, 0.05) is 0 Å². The third-order valence-electron chi connectivity index (χ3n) is 2.39. The number of hydrogen-bond acceptors (Lipinski definition) is 2. The molecule has 1 rings (SSSR count). The van der Waals surface area contributed by atoms with E-state index in [1.807, 2.05) is 6.92 Å². The van der Waals surface area contributed by atoms with Crippen LogP contribution in [0.5, 0.6) is 0 Å². The van der Waals surface area contributed by atoms with Crippen LogP contribution in [0.3, 0.4) is 0 Å². The van der Waals surface area contributed by atoms with E-state index in [0.29, 0.717) is 5.92 Å². The summed E-state index contributed by atoms with van der Waals surface area (Å²) in [6, 6.07) is 0. The van der Waals surface area contributed by atoms with Crippen LogP contribution in [0, 0.1) is 5.92 Å². The Bertz CT molecular complexity index is 177. The molecule has 0 bridgehead atoms. The summed E-state index contributed by atoms with van der Waals surface area (Å²) in [4.78, 5) is 11.0. The van der Waals surface area contributed by atoms with Gasteiger partial charge in [-0.05, 0) is 37.9 Å². The highest BCUT2D eigenvalue weighted by Crippen LogP contribution is 2.47. The molecule has 0 spiro atoms. The Morgan fingerprint density at radius 1 is 1.67 bits per heavy atom. The van der Waals surface area contributed by atoms with Crippen molar-refractivity contribution in [1.82, 2.24) is 0 Å². The number of carboxylic acids is 1. The van der Waals surface area contributed by atoms with Crippen molar-refractivity contribution in [3.8, 4) is 0 Å². The van der Waals surface area contributed by atoms with E-state index in [2.05, 4.69) is 6.92 Å². The highest BCUT2D eigenvalue weighted by atomic mass is 32.2. The molecule has 0 saturated heterocycles. The summed E-state index contributed by atoms with van der Waals surface area (Å²) in [5.74, 6) is 0.745. The second kappa shape index (κ2) is 3.69. The van der Waals surface area contributed by atoms with Crippen LogP contribution < -0.4 is 0 Å².